The van der Waals surface area contributed by atoms with Crippen molar-refractivity contribution in [3.05, 3.63) is 5.21 Å². The Morgan fingerprint density at radius 1 is 1.64 bits per heavy atom. The minimum Gasteiger partial charge on any atom is -0.757 e. The molecule has 0 radical (unpaired) electrons. The summed E-state index contributed by atoms with van der Waals surface area (Å²) in [4.78, 5) is 4.33. The second-order valence-electron chi connectivity index (χ2n) is 2.85. The van der Waals surface area contributed by atoms with Crippen molar-refractivity contribution in [2.75, 3.05) is 6.54 Å². The Kier molecular flexibility index (Phi) is 2.88. The molecule has 3 nitrogen and oxygen atoms in total. The van der Waals surface area contributed by atoms with Crippen molar-refractivity contribution in [3.8, 4) is 0 Å². The van der Waals surface area contributed by atoms with Gasteiger partial charge < -0.3 is 10.3 Å². The van der Waals surface area contributed by atoms with Crippen LogP contribution < -0.4 is 0 Å². The lowest BCUT2D eigenvalue weighted by atomic mass is 10.1. The lowest BCUT2D eigenvalue weighted by Gasteiger charge is -2.37. The van der Waals surface area contributed by atoms with Gasteiger partial charge in [-0.05, 0) is 12.8 Å². The molecule has 0 spiro atoms. The molecule has 0 aliphatic carbocycles. The van der Waals surface area contributed by atoms with Crippen molar-refractivity contribution in [2.45, 2.75) is 39.2 Å². The largest absolute Gasteiger partial charge is 0.757 e. The Morgan fingerprint density at radius 3 is 2.91 bits per heavy atom. The Hall–Kier alpha value is -0.570. The SMILES string of the molecule is CCC1=NC(CC)CCN1[O-]. The van der Waals surface area contributed by atoms with Crippen LogP contribution >= 0.6 is 0 Å². The van der Waals surface area contributed by atoms with Crippen LogP contribution in [0.3, 0.4) is 0 Å². The summed E-state index contributed by atoms with van der Waals surface area (Å²) < 4.78 is 0. The van der Waals surface area contributed by atoms with E-state index in [1.807, 2.05) is 6.92 Å². The van der Waals surface area contributed by atoms with E-state index in [1.54, 1.807) is 0 Å². The zero-order valence-electron chi connectivity index (χ0n) is 7.21. The minimum atomic E-state index is 0.398. The first-order valence-corrected chi connectivity index (χ1v) is 4.29. The van der Waals surface area contributed by atoms with Crippen LogP contribution in [0.2, 0.25) is 0 Å². The lowest BCUT2D eigenvalue weighted by Crippen LogP contribution is -2.33. The third-order valence-corrected chi connectivity index (χ3v) is 2.07. The van der Waals surface area contributed by atoms with Crippen molar-refractivity contribution in [2.24, 2.45) is 4.99 Å². The van der Waals surface area contributed by atoms with E-state index in [0.717, 1.165) is 30.2 Å². The maximum atomic E-state index is 11.1. The topological polar surface area (TPSA) is 38.7 Å². The van der Waals surface area contributed by atoms with E-state index in [9.17, 15) is 5.21 Å². The molecule has 1 aliphatic heterocycles. The molecular formula is C8H15N2O-. The van der Waals surface area contributed by atoms with Gasteiger partial charge in [0.1, 0.15) is 0 Å². The number of aliphatic imine (C=N–C) groups is 1. The number of hydrogen-bond donors (Lipinski definition) is 0. The van der Waals surface area contributed by atoms with Gasteiger partial charge in [0.05, 0.1) is 11.9 Å². The third-order valence-electron chi connectivity index (χ3n) is 2.07. The van der Waals surface area contributed by atoms with Crippen LogP contribution in [0.25, 0.3) is 0 Å². The van der Waals surface area contributed by atoms with Crippen LogP contribution in [0.5, 0.6) is 0 Å². The quantitative estimate of drug-likeness (QED) is 0.609. The van der Waals surface area contributed by atoms with Gasteiger partial charge in [0, 0.05) is 13.0 Å². The Labute approximate surface area is 67.7 Å². The number of hydrogen-bond acceptors (Lipinski definition) is 3. The van der Waals surface area contributed by atoms with Crippen LogP contribution in [0.4, 0.5) is 0 Å². The van der Waals surface area contributed by atoms with Gasteiger partial charge in [-0.1, -0.05) is 13.8 Å². The van der Waals surface area contributed by atoms with Crippen molar-refractivity contribution in [3.63, 3.8) is 0 Å². The zero-order valence-corrected chi connectivity index (χ0v) is 7.21. The smallest absolute Gasteiger partial charge is 0.0883 e. The van der Waals surface area contributed by atoms with E-state index in [4.69, 9.17) is 0 Å². The van der Waals surface area contributed by atoms with E-state index in [2.05, 4.69) is 11.9 Å². The predicted molar refractivity (Wildman–Crippen MR) is 46.5 cm³/mol. The summed E-state index contributed by atoms with van der Waals surface area (Å²) in [6, 6.07) is 0.398. The molecule has 64 valence electrons. The molecule has 0 saturated carbocycles. The molecule has 0 fully saturated rings. The number of rotatable bonds is 2. The number of hydroxylamine groups is 2. The van der Waals surface area contributed by atoms with Gasteiger partial charge in [-0.15, -0.1) is 0 Å². The molecule has 0 N–H and O–H groups in total. The Balaban J connectivity index is 2.61. The zero-order chi connectivity index (χ0) is 8.27. The first-order chi connectivity index (χ1) is 5.27. The summed E-state index contributed by atoms with van der Waals surface area (Å²) in [6.45, 7) is 4.72. The molecule has 3 heteroatoms. The summed E-state index contributed by atoms with van der Waals surface area (Å²) in [5.74, 6) is 0.725. The van der Waals surface area contributed by atoms with E-state index in [1.165, 1.54) is 0 Å². The van der Waals surface area contributed by atoms with Crippen LogP contribution in [-0.4, -0.2) is 23.5 Å². The molecule has 0 aromatic carbocycles. The molecule has 0 bridgehead atoms. The van der Waals surface area contributed by atoms with Crippen molar-refractivity contribution in [1.29, 1.82) is 0 Å². The van der Waals surface area contributed by atoms with Crippen LogP contribution in [0.1, 0.15) is 33.1 Å². The second-order valence-corrected chi connectivity index (χ2v) is 2.85. The number of nitrogens with zero attached hydrogens (tertiary/aromatic N) is 2. The minimum absolute atomic E-state index is 0.398. The fourth-order valence-corrected chi connectivity index (χ4v) is 1.30. The normalized spacial score (nSPS) is 25.2. The number of amidine groups is 1. The predicted octanol–water partition coefficient (Wildman–Crippen LogP) is 1.78. The van der Waals surface area contributed by atoms with Crippen LogP contribution in [0, 0.1) is 5.21 Å². The summed E-state index contributed by atoms with van der Waals surface area (Å²) in [5, 5.41) is 12.1. The molecule has 0 aromatic heterocycles. The highest BCUT2D eigenvalue weighted by Crippen LogP contribution is 2.13. The average molecular weight is 155 g/mol. The van der Waals surface area contributed by atoms with E-state index >= 15 is 0 Å². The average Bonchev–Trinajstić information content (AvgIpc) is 2.05. The molecule has 1 aliphatic rings. The Morgan fingerprint density at radius 2 is 2.36 bits per heavy atom. The van der Waals surface area contributed by atoms with Crippen molar-refractivity contribution >= 4 is 5.84 Å². The summed E-state index contributed by atoms with van der Waals surface area (Å²) in [7, 11) is 0. The maximum absolute atomic E-state index is 11.1. The van der Waals surface area contributed by atoms with Gasteiger partial charge in [-0.2, -0.15) is 0 Å². The first kappa shape index (κ1) is 8.53. The molecule has 1 unspecified atom stereocenters. The van der Waals surface area contributed by atoms with Gasteiger partial charge in [-0.25, -0.2) is 0 Å². The van der Waals surface area contributed by atoms with Crippen molar-refractivity contribution < 1.29 is 0 Å². The van der Waals surface area contributed by atoms with Gasteiger partial charge in [-0.3, -0.25) is 4.99 Å². The fourth-order valence-electron chi connectivity index (χ4n) is 1.30. The van der Waals surface area contributed by atoms with Crippen LogP contribution in [-0.2, 0) is 0 Å². The van der Waals surface area contributed by atoms with E-state index in [0.29, 0.717) is 12.6 Å². The highest BCUT2D eigenvalue weighted by Gasteiger charge is 2.12. The molecule has 1 rings (SSSR count). The first-order valence-electron chi connectivity index (χ1n) is 4.29. The molecular weight excluding hydrogens is 140 g/mol. The summed E-state index contributed by atoms with van der Waals surface area (Å²) >= 11 is 0. The second kappa shape index (κ2) is 3.72. The van der Waals surface area contributed by atoms with E-state index in [-0.39, 0.29) is 0 Å². The highest BCUT2D eigenvalue weighted by atomic mass is 16.5. The summed E-state index contributed by atoms with van der Waals surface area (Å²) in [6.07, 6.45) is 2.74. The van der Waals surface area contributed by atoms with Crippen molar-refractivity contribution in [1.82, 2.24) is 5.06 Å². The van der Waals surface area contributed by atoms with Crippen LogP contribution in [0.15, 0.2) is 4.99 Å². The third kappa shape index (κ3) is 1.93. The maximum Gasteiger partial charge on any atom is 0.0883 e. The molecule has 1 atom stereocenters. The lowest BCUT2D eigenvalue weighted by molar-refractivity contribution is 0.435. The molecule has 0 aromatic rings. The highest BCUT2D eigenvalue weighted by molar-refractivity contribution is 5.83. The molecule has 1 heterocycles. The van der Waals surface area contributed by atoms with Gasteiger partial charge >= 0.3 is 0 Å². The van der Waals surface area contributed by atoms with E-state index < -0.39 is 0 Å². The molecule has 11 heavy (non-hydrogen) atoms. The Bertz CT molecular complexity index is 156. The van der Waals surface area contributed by atoms with Gasteiger partial charge in [0.25, 0.3) is 0 Å². The monoisotopic (exact) mass is 155 g/mol. The van der Waals surface area contributed by atoms with Gasteiger partial charge in [0.15, 0.2) is 0 Å². The molecule has 0 saturated heterocycles. The molecule has 0 amide bonds. The summed E-state index contributed by atoms with van der Waals surface area (Å²) in [5.41, 5.74) is 0. The fraction of sp³-hybridized carbons (Fsp3) is 0.875. The van der Waals surface area contributed by atoms with Gasteiger partial charge in [0.2, 0.25) is 0 Å². The standard InChI is InChI=1S/C8H15N2O/c1-3-7-5-6-10(11)8(4-2)9-7/h7H,3-6H2,1-2H3/q-1.